The van der Waals surface area contributed by atoms with E-state index in [4.69, 9.17) is 9.97 Å². The Balaban J connectivity index is 1.23. The third-order valence-corrected chi connectivity index (χ3v) is 8.11. The zero-order valence-corrected chi connectivity index (χ0v) is 25.4. The van der Waals surface area contributed by atoms with Crippen molar-refractivity contribution in [3.05, 3.63) is 140 Å². The summed E-state index contributed by atoms with van der Waals surface area (Å²) in [5.74, 6) is 0. The van der Waals surface area contributed by atoms with Crippen molar-refractivity contribution in [2.24, 2.45) is 0 Å². The quantitative estimate of drug-likeness (QED) is 0.193. The lowest BCUT2D eigenvalue weighted by Gasteiger charge is -2.12. The standard InChI is InChI=1S/C40H33N5/c1-3-4-9-39(41-2)40-17-13-30-21-28(11-15-37(30)45-40)27-10-14-36-29(20-27)12-16-38(44-36)35-23-33(31-7-5-18-42-25-31)22-34(24-35)32-8-6-19-43-26-32/h5-26,41H,3-4H2,1-2H3/b39-9-. The molecular weight excluding hydrogens is 550 g/mol. The van der Waals surface area contributed by atoms with E-state index < -0.39 is 0 Å². The molecule has 0 aliphatic heterocycles. The molecule has 0 amide bonds. The third-order valence-electron chi connectivity index (χ3n) is 8.11. The van der Waals surface area contributed by atoms with E-state index in [2.05, 4.69) is 119 Å². The predicted octanol–water partition coefficient (Wildman–Crippen LogP) is 9.60. The number of pyridine rings is 4. The number of rotatable bonds is 8. The van der Waals surface area contributed by atoms with Crippen LogP contribution >= 0.6 is 0 Å². The van der Waals surface area contributed by atoms with Crippen LogP contribution in [0.5, 0.6) is 0 Å². The molecule has 3 aromatic carbocycles. The first-order chi connectivity index (χ1) is 22.2. The Kier molecular flexibility index (Phi) is 7.81. The van der Waals surface area contributed by atoms with Crippen molar-refractivity contribution in [3.63, 3.8) is 0 Å². The van der Waals surface area contributed by atoms with Gasteiger partial charge in [-0.25, -0.2) is 9.97 Å². The largest absolute Gasteiger partial charge is 0.387 e. The highest BCUT2D eigenvalue weighted by atomic mass is 14.9. The van der Waals surface area contributed by atoms with Gasteiger partial charge in [0, 0.05) is 59.3 Å². The van der Waals surface area contributed by atoms with Gasteiger partial charge >= 0.3 is 0 Å². The van der Waals surface area contributed by atoms with Crippen LogP contribution < -0.4 is 5.32 Å². The zero-order valence-electron chi connectivity index (χ0n) is 25.4. The van der Waals surface area contributed by atoms with Gasteiger partial charge in [0.1, 0.15) is 0 Å². The Labute approximate surface area is 263 Å². The molecule has 0 radical (unpaired) electrons. The van der Waals surface area contributed by atoms with E-state index in [-0.39, 0.29) is 0 Å². The summed E-state index contributed by atoms with van der Waals surface area (Å²) in [6, 6.07) is 36.2. The topological polar surface area (TPSA) is 63.6 Å². The molecule has 0 aliphatic rings. The molecule has 0 unspecified atom stereocenters. The average Bonchev–Trinajstić information content (AvgIpc) is 3.11. The van der Waals surface area contributed by atoms with Gasteiger partial charge in [-0.05, 0) is 95.4 Å². The number of hydrogen-bond donors (Lipinski definition) is 1. The van der Waals surface area contributed by atoms with Crippen LogP contribution in [0.25, 0.3) is 72.1 Å². The van der Waals surface area contributed by atoms with Gasteiger partial charge in [-0.15, -0.1) is 0 Å². The fraction of sp³-hybridized carbons (Fsp3) is 0.100. The monoisotopic (exact) mass is 583 g/mol. The number of aromatic nitrogens is 4. The Morgan fingerprint density at radius 2 is 1.20 bits per heavy atom. The number of nitrogens with one attached hydrogen (secondary N) is 1. The van der Waals surface area contributed by atoms with E-state index in [1.165, 1.54) is 0 Å². The molecule has 4 aromatic heterocycles. The second-order valence-electron chi connectivity index (χ2n) is 11.1. The second kappa shape index (κ2) is 12.5. The Hall–Kier alpha value is -5.68. The van der Waals surface area contributed by atoms with Gasteiger partial charge < -0.3 is 5.32 Å². The van der Waals surface area contributed by atoms with Gasteiger partial charge in [0.05, 0.1) is 28.1 Å². The lowest BCUT2D eigenvalue weighted by Crippen LogP contribution is -2.06. The van der Waals surface area contributed by atoms with Crippen molar-refractivity contribution >= 4 is 27.5 Å². The third kappa shape index (κ3) is 5.93. The van der Waals surface area contributed by atoms with E-state index >= 15 is 0 Å². The molecule has 0 saturated carbocycles. The molecule has 4 heterocycles. The van der Waals surface area contributed by atoms with E-state index in [9.17, 15) is 0 Å². The number of allylic oxidation sites excluding steroid dienone is 1. The summed E-state index contributed by atoms with van der Waals surface area (Å²) < 4.78 is 0. The SMILES string of the molecule is CCC/C=C(\NC)c1ccc2cc(-c3ccc4nc(-c5cc(-c6cccnc6)cc(-c6cccnc6)c5)ccc4c3)ccc2n1. The van der Waals surface area contributed by atoms with Gasteiger partial charge in [-0.2, -0.15) is 0 Å². The van der Waals surface area contributed by atoms with Gasteiger partial charge in [0.15, 0.2) is 0 Å². The number of nitrogens with zero attached hydrogens (tertiary/aromatic N) is 4. The molecular formula is C40H33N5. The van der Waals surface area contributed by atoms with Crippen LogP contribution in [0.4, 0.5) is 0 Å². The van der Waals surface area contributed by atoms with Gasteiger partial charge in [0.2, 0.25) is 0 Å². The van der Waals surface area contributed by atoms with E-state index in [0.29, 0.717) is 0 Å². The van der Waals surface area contributed by atoms with Crippen molar-refractivity contribution in [2.45, 2.75) is 19.8 Å². The minimum atomic E-state index is 0.924. The molecule has 5 nitrogen and oxygen atoms in total. The Morgan fingerprint density at radius 1 is 0.600 bits per heavy atom. The van der Waals surface area contributed by atoms with Crippen molar-refractivity contribution in [2.75, 3.05) is 7.05 Å². The molecule has 0 spiro atoms. The predicted molar refractivity (Wildman–Crippen MR) is 186 cm³/mol. The van der Waals surface area contributed by atoms with Gasteiger partial charge in [0.25, 0.3) is 0 Å². The van der Waals surface area contributed by atoms with Crippen LogP contribution in [-0.2, 0) is 0 Å². The lowest BCUT2D eigenvalue weighted by atomic mass is 9.95. The fourth-order valence-electron chi connectivity index (χ4n) is 5.72. The molecule has 7 rings (SSSR count). The zero-order chi connectivity index (χ0) is 30.6. The summed E-state index contributed by atoms with van der Waals surface area (Å²) in [7, 11) is 1.95. The first kappa shape index (κ1) is 28.1. The smallest absolute Gasteiger partial charge is 0.0865 e. The van der Waals surface area contributed by atoms with Crippen LogP contribution in [0.2, 0.25) is 0 Å². The highest BCUT2D eigenvalue weighted by molar-refractivity contribution is 5.91. The highest BCUT2D eigenvalue weighted by Gasteiger charge is 2.11. The average molecular weight is 584 g/mol. The van der Waals surface area contributed by atoms with E-state index in [0.717, 1.165) is 90.7 Å². The minimum Gasteiger partial charge on any atom is -0.387 e. The molecule has 1 N–H and O–H groups in total. The van der Waals surface area contributed by atoms with Gasteiger partial charge in [-0.1, -0.05) is 55.8 Å². The molecule has 0 fully saturated rings. The van der Waals surface area contributed by atoms with Crippen molar-refractivity contribution < 1.29 is 0 Å². The van der Waals surface area contributed by atoms with Crippen LogP contribution in [0.15, 0.2) is 134 Å². The van der Waals surface area contributed by atoms with Crippen molar-refractivity contribution in [1.29, 1.82) is 0 Å². The van der Waals surface area contributed by atoms with Gasteiger partial charge in [-0.3, -0.25) is 9.97 Å². The first-order valence-corrected chi connectivity index (χ1v) is 15.3. The van der Waals surface area contributed by atoms with E-state index in [1.807, 2.05) is 31.6 Å². The summed E-state index contributed by atoms with van der Waals surface area (Å²) in [4.78, 5) is 18.7. The maximum absolute atomic E-state index is 5.10. The lowest BCUT2D eigenvalue weighted by molar-refractivity contribution is 0.947. The Bertz CT molecular complexity index is 2100. The molecule has 7 aromatic rings. The number of fused-ring (bicyclic) bond motifs is 2. The summed E-state index contributed by atoms with van der Waals surface area (Å²) in [6.45, 7) is 2.18. The number of hydrogen-bond acceptors (Lipinski definition) is 5. The summed E-state index contributed by atoms with van der Waals surface area (Å²) >= 11 is 0. The molecule has 0 bridgehead atoms. The van der Waals surface area contributed by atoms with Crippen molar-refractivity contribution in [1.82, 2.24) is 25.3 Å². The summed E-state index contributed by atoms with van der Waals surface area (Å²) in [5.41, 5.74) is 12.6. The minimum absolute atomic E-state index is 0.924. The molecule has 0 aliphatic carbocycles. The fourth-order valence-corrected chi connectivity index (χ4v) is 5.72. The molecule has 5 heteroatoms. The van der Waals surface area contributed by atoms with Crippen LogP contribution in [0.1, 0.15) is 25.5 Å². The number of unbranched alkanes of at least 4 members (excludes halogenated alkanes) is 1. The second-order valence-corrected chi connectivity index (χ2v) is 11.1. The maximum Gasteiger partial charge on any atom is 0.0865 e. The maximum atomic E-state index is 5.10. The molecule has 45 heavy (non-hydrogen) atoms. The first-order valence-electron chi connectivity index (χ1n) is 15.3. The summed E-state index contributed by atoms with van der Waals surface area (Å²) in [6.07, 6.45) is 11.7. The van der Waals surface area contributed by atoms with Crippen LogP contribution in [0, 0.1) is 0 Å². The summed E-state index contributed by atoms with van der Waals surface area (Å²) in [5, 5.41) is 5.51. The van der Waals surface area contributed by atoms with Crippen LogP contribution in [-0.4, -0.2) is 27.0 Å². The highest BCUT2D eigenvalue weighted by Crippen LogP contribution is 2.33. The van der Waals surface area contributed by atoms with E-state index in [1.54, 1.807) is 12.4 Å². The Morgan fingerprint density at radius 3 is 1.78 bits per heavy atom. The molecule has 0 saturated heterocycles. The molecule has 218 valence electrons. The number of benzene rings is 3. The van der Waals surface area contributed by atoms with Crippen LogP contribution in [0.3, 0.4) is 0 Å². The van der Waals surface area contributed by atoms with Crippen molar-refractivity contribution in [3.8, 4) is 44.6 Å². The molecule has 0 atom stereocenters. The normalized spacial score (nSPS) is 11.6.